The zero-order valence-corrected chi connectivity index (χ0v) is 17.3. The second-order valence-electron chi connectivity index (χ2n) is 7.65. The molecule has 0 bridgehead atoms. The van der Waals surface area contributed by atoms with E-state index in [1.165, 1.54) is 11.3 Å². The van der Waals surface area contributed by atoms with Crippen molar-refractivity contribution < 1.29 is 18.3 Å². The maximum atomic E-state index is 13.3. The van der Waals surface area contributed by atoms with Crippen molar-refractivity contribution in [3.8, 4) is 6.07 Å². The first-order valence-electron chi connectivity index (χ1n) is 10.0. The molecule has 9 heteroatoms. The molecule has 3 aromatic rings. The highest BCUT2D eigenvalue weighted by molar-refractivity contribution is 7.12. The smallest absolute Gasteiger partial charge is 0.382 e. The number of hydrogen-bond donors (Lipinski definition) is 3. The average Bonchev–Trinajstić information content (AvgIpc) is 3.24. The SMILES string of the molecule is N#Cc1ccc(C(O)N[C@H]2CC[C@@H](Nc3cc(C(F)(F)F)nc4ccccc34)CC2)s1. The number of fused-ring (bicyclic) bond motifs is 1. The minimum atomic E-state index is -4.51. The van der Waals surface area contributed by atoms with Crippen LogP contribution in [0.25, 0.3) is 10.9 Å². The van der Waals surface area contributed by atoms with E-state index in [-0.39, 0.29) is 12.1 Å². The number of rotatable bonds is 5. The van der Waals surface area contributed by atoms with Gasteiger partial charge in [0.15, 0.2) is 0 Å². The van der Waals surface area contributed by atoms with E-state index in [2.05, 4.69) is 21.7 Å². The second-order valence-corrected chi connectivity index (χ2v) is 8.76. The number of aromatic nitrogens is 1. The molecular weight excluding hydrogens is 425 g/mol. The van der Waals surface area contributed by atoms with Crippen molar-refractivity contribution in [2.45, 2.75) is 50.2 Å². The van der Waals surface area contributed by atoms with Crippen LogP contribution >= 0.6 is 11.3 Å². The maximum Gasteiger partial charge on any atom is 0.433 e. The Morgan fingerprint density at radius 1 is 1.10 bits per heavy atom. The highest BCUT2D eigenvalue weighted by Gasteiger charge is 2.34. The van der Waals surface area contributed by atoms with E-state index in [1.54, 1.807) is 36.4 Å². The first-order valence-corrected chi connectivity index (χ1v) is 10.8. The first kappa shape index (κ1) is 21.6. The van der Waals surface area contributed by atoms with Crippen LogP contribution in [0.4, 0.5) is 18.9 Å². The van der Waals surface area contributed by atoms with Crippen LogP contribution in [0.2, 0.25) is 0 Å². The van der Waals surface area contributed by atoms with E-state index in [0.717, 1.165) is 31.7 Å². The van der Waals surface area contributed by atoms with Crippen molar-refractivity contribution in [3.05, 3.63) is 57.9 Å². The molecule has 1 atom stereocenters. The molecule has 1 aliphatic carbocycles. The predicted molar refractivity (Wildman–Crippen MR) is 114 cm³/mol. The van der Waals surface area contributed by atoms with Crippen LogP contribution in [0.15, 0.2) is 42.5 Å². The topological polar surface area (TPSA) is 81.0 Å². The largest absolute Gasteiger partial charge is 0.433 e. The minimum Gasteiger partial charge on any atom is -0.382 e. The van der Waals surface area contributed by atoms with E-state index in [4.69, 9.17) is 5.26 Å². The van der Waals surface area contributed by atoms with E-state index < -0.39 is 18.1 Å². The number of hydrogen-bond acceptors (Lipinski definition) is 6. The fourth-order valence-corrected chi connectivity index (χ4v) is 4.68. The van der Waals surface area contributed by atoms with Crippen molar-refractivity contribution in [2.24, 2.45) is 0 Å². The summed E-state index contributed by atoms with van der Waals surface area (Å²) in [5, 5.41) is 26.4. The van der Waals surface area contributed by atoms with Crippen molar-refractivity contribution in [2.75, 3.05) is 5.32 Å². The number of nitrogens with zero attached hydrogens (tertiary/aromatic N) is 2. The molecule has 1 saturated carbocycles. The summed E-state index contributed by atoms with van der Waals surface area (Å²) in [7, 11) is 0. The Labute approximate surface area is 181 Å². The van der Waals surface area contributed by atoms with E-state index in [1.807, 2.05) is 0 Å². The molecule has 2 heterocycles. The molecule has 162 valence electrons. The summed E-state index contributed by atoms with van der Waals surface area (Å²) in [5.74, 6) is 0. The molecular formula is C22H21F3N4OS. The molecule has 1 aromatic carbocycles. The van der Waals surface area contributed by atoms with Gasteiger partial charge in [0.1, 0.15) is 22.9 Å². The van der Waals surface area contributed by atoms with Crippen LogP contribution in [0.5, 0.6) is 0 Å². The molecule has 4 rings (SSSR count). The number of nitriles is 1. The fourth-order valence-electron chi connectivity index (χ4n) is 3.93. The second kappa shape index (κ2) is 8.83. The van der Waals surface area contributed by atoms with Gasteiger partial charge in [-0.25, -0.2) is 4.98 Å². The first-order chi connectivity index (χ1) is 14.8. The number of halogens is 3. The van der Waals surface area contributed by atoms with Crippen molar-refractivity contribution >= 4 is 27.9 Å². The highest BCUT2D eigenvalue weighted by Crippen LogP contribution is 2.34. The molecule has 0 spiro atoms. The fraction of sp³-hybridized carbons (Fsp3) is 0.364. The molecule has 1 aliphatic rings. The summed E-state index contributed by atoms with van der Waals surface area (Å²) in [4.78, 5) is 5.00. The number of aliphatic hydroxyl groups is 1. The molecule has 1 unspecified atom stereocenters. The zero-order valence-electron chi connectivity index (χ0n) is 16.5. The summed E-state index contributed by atoms with van der Waals surface area (Å²) in [5.41, 5.74) is -0.150. The number of benzene rings is 1. The monoisotopic (exact) mass is 446 g/mol. The normalized spacial score (nSPS) is 20.4. The lowest BCUT2D eigenvalue weighted by Crippen LogP contribution is -2.38. The van der Waals surface area contributed by atoms with Crippen LogP contribution in [0.3, 0.4) is 0 Å². The van der Waals surface area contributed by atoms with Crippen LogP contribution < -0.4 is 10.6 Å². The minimum absolute atomic E-state index is 0.0361. The summed E-state index contributed by atoms with van der Waals surface area (Å²) >= 11 is 1.25. The molecule has 0 amide bonds. The third kappa shape index (κ3) is 4.98. The van der Waals surface area contributed by atoms with Crippen LogP contribution in [-0.4, -0.2) is 22.2 Å². The van der Waals surface area contributed by atoms with Gasteiger partial charge in [-0.3, -0.25) is 5.32 Å². The van der Waals surface area contributed by atoms with Gasteiger partial charge in [0, 0.05) is 28.0 Å². The zero-order chi connectivity index (χ0) is 22.0. The third-order valence-electron chi connectivity index (χ3n) is 5.49. The van der Waals surface area contributed by atoms with Crippen LogP contribution in [0, 0.1) is 11.3 Å². The third-order valence-corrected chi connectivity index (χ3v) is 6.54. The molecule has 2 aromatic heterocycles. The predicted octanol–water partition coefficient (Wildman–Crippen LogP) is 5.19. The molecule has 5 nitrogen and oxygen atoms in total. The Hall–Kier alpha value is -2.67. The summed E-state index contributed by atoms with van der Waals surface area (Å²) < 4.78 is 39.8. The number of nitrogens with one attached hydrogen (secondary N) is 2. The van der Waals surface area contributed by atoms with Gasteiger partial charge in [-0.15, -0.1) is 11.3 Å². The Kier molecular flexibility index (Phi) is 6.14. The van der Waals surface area contributed by atoms with E-state index >= 15 is 0 Å². The Bertz CT molecular complexity index is 1100. The van der Waals surface area contributed by atoms with E-state index in [0.29, 0.717) is 26.3 Å². The highest BCUT2D eigenvalue weighted by atomic mass is 32.1. The van der Waals surface area contributed by atoms with Gasteiger partial charge in [0.05, 0.1) is 5.52 Å². The lowest BCUT2D eigenvalue weighted by molar-refractivity contribution is -0.140. The van der Waals surface area contributed by atoms with Crippen molar-refractivity contribution in [3.63, 3.8) is 0 Å². The number of alkyl halides is 3. The summed E-state index contributed by atoms with van der Waals surface area (Å²) in [6.07, 6.45) is -2.27. The van der Waals surface area contributed by atoms with Gasteiger partial charge >= 0.3 is 6.18 Å². The molecule has 3 N–H and O–H groups in total. The Morgan fingerprint density at radius 2 is 1.81 bits per heavy atom. The Morgan fingerprint density at radius 3 is 2.48 bits per heavy atom. The number of aliphatic hydroxyl groups excluding tert-OH is 1. The maximum absolute atomic E-state index is 13.3. The van der Waals surface area contributed by atoms with Gasteiger partial charge in [-0.2, -0.15) is 18.4 Å². The number of anilines is 1. The molecule has 0 saturated heterocycles. The number of thiophene rings is 1. The number of para-hydroxylation sites is 1. The molecule has 1 fully saturated rings. The van der Waals surface area contributed by atoms with E-state index in [9.17, 15) is 18.3 Å². The summed E-state index contributed by atoms with van der Waals surface area (Å²) in [6.45, 7) is 0. The quantitative estimate of drug-likeness (QED) is 0.470. The van der Waals surface area contributed by atoms with Gasteiger partial charge in [0.2, 0.25) is 0 Å². The number of pyridine rings is 1. The average molecular weight is 446 g/mol. The summed E-state index contributed by atoms with van der Waals surface area (Å²) in [6, 6.07) is 13.5. The molecule has 31 heavy (non-hydrogen) atoms. The van der Waals surface area contributed by atoms with Crippen LogP contribution in [-0.2, 0) is 6.18 Å². The lowest BCUT2D eigenvalue weighted by Gasteiger charge is -2.32. The van der Waals surface area contributed by atoms with Gasteiger partial charge in [-0.1, -0.05) is 18.2 Å². The lowest BCUT2D eigenvalue weighted by atomic mass is 9.90. The molecule has 0 radical (unpaired) electrons. The molecule has 0 aliphatic heterocycles. The van der Waals surface area contributed by atoms with Gasteiger partial charge in [0.25, 0.3) is 0 Å². The standard InChI is InChI=1S/C22H21F3N4OS/c23-22(24,25)20-11-18(16-3-1-2-4-17(16)29-20)27-13-5-7-14(8-6-13)28-21(30)19-10-9-15(12-26)31-19/h1-4,9-11,13-14,21,28,30H,5-8H2,(H,27,29)/t13-,14+,21?. The Balaban J connectivity index is 1.41. The van der Waals surface area contributed by atoms with Crippen molar-refractivity contribution in [1.82, 2.24) is 10.3 Å². The van der Waals surface area contributed by atoms with Gasteiger partial charge in [-0.05, 0) is 49.9 Å². The van der Waals surface area contributed by atoms with Crippen LogP contribution in [0.1, 0.15) is 47.4 Å². The van der Waals surface area contributed by atoms with Crippen molar-refractivity contribution in [1.29, 1.82) is 5.26 Å². The van der Waals surface area contributed by atoms with Gasteiger partial charge < -0.3 is 10.4 Å².